The molecule has 0 bridgehead atoms. The molecule has 0 spiro atoms. The zero-order chi connectivity index (χ0) is 14.3. The highest BCUT2D eigenvalue weighted by atomic mass is 16.3. The Kier molecular flexibility index (Phi) is 2.83. The molecule has 0 amide bonds. The van der Waals surface area contributed by atoms with Crippen LogP contribution < -0.4 is 0 Å². The SMILES string of the molecule is Cc1cccc2c1cnn2-c1cncc(C(C)(C)O)c1. The first-order valence-corrected chi connectivity index (χ1v) is 6.58. The Morgan fingerprint density at radius 3 is 2.70 bits per heavy atom. The fraction of sp³-hybridized carbons (Fsp3) is 0.250. The molecule has 0 unspecified atom stereocenters. The molecule has 4 heteroatoms. The first-order valence-electron chi connectivity index (χ1n) is 6.58. The Bertz CT molecular complexity index is 769. The summed E-state index contributed by atoms with van der Waals surface area (Å²) in [4.78, 5) is 4.22. The summed E-state index contributed by atoms with van der Waals surface area (Å²) in [5.41, 5.74) is 2.94. The van der Waals surface area contributed by atoms with Crippen LogP contribution in [0.4, 0.5) is 0 Å². The van der Waals surface area contributed by atoms with Crippen LogP contribution in [0.1, 0.15) is 25.0 Å². The van der Waals surface area contributed by atoms with E-state index in [0.717, 1.165) is 22.2 Å². The smallest absolute Gasteiger partial charge is 0.0856 e. The fourth-order valence-electron chi connectivity index (χ4n) is 2.28. The molecule has 0 aliphatic heterocycles. The van der Waals surface area contributed by atoms with Crippen molar-refractivity contribution in [2.75, 3.05) is 0 Å². The summed E-state index contributed by atoms with van der Waals surface area (Å²) in [7, 11) is 0. The van der Waals surface area contributed by atoms with Gasteiger partial charge in [-0.05, 0) is 38.5 Å². The number of fused-ring (bicyclic) bond motifs is 1. The van der Waals surface area contributed by atoms with Gasteiger partial charge in [-0.15, -0.1) is 0 Å². The molecule has 0 aliphatic rings. The number of aliphatic hydroxyl groups is 1. The molecule has 0 fully saturated rings. The zero-order valence-corrected chi connectivity index (χ0v) is 11.8. The summed E-state index contributed by atoms with van der Waals surface area (Å²) < 4.78 is 1.85. The Balaban J connectivity index is 2.19. The van der Waals surface area contributed by atoms with Crippen LogP contribution in [0.5, 0.6) is 0 Å². The van der Waals surface area contributed by atoms with Gasteiger partial charge in [0.25, 0.3) is 0 Å². The van der Waals surface area contributed by atoms with Gasteiger partial charge in [-0.1, -0.05) is 12.1 Å². The van der Waals surface area contributed by atoms with Crippen molar-refractivity contribution >= 4 is 10.9 Å². The normalized spacial score (nSPS) is 12.0. The van der Waals surface area contributed by atoms with Crippen LogP contribution in [0, 0.1) is 6.92 Å². The second-order valence-electron chi connectivity index (χ2n) is 5.55. The van der Waals surface area contributed by atoms with Crippen LogP contribution in [-0.2, 0) is 5.60 Å². The first kappa shape index (κ1) is 12.8. The van der Waals surface area contributed by atoms with Gasteiger partial charge in [0.2, 0.25) is 0 Å². The van der Waals surface area contributed by atoms with Gasteiger partial charge in [-0.25, -0.2) is 4.68 Å². The first-order chi connectivity index (χ1) is 9.47. The zero-order valence-electron chi connectivity index (χ0n) is 11.8. The van der Waals surface area contributed by atoms with E-state index in [-0.39, 0.29) is 0 Å². The highest BCUT2D eigenvalue weighted by molar-refractivity contribution is 5.83. The number of hydrogen-bond donors (Lipinski definition) is 1. The monoisotopic (exact) mass is 267 g/mol. The van der Waals surface area contributed by atoms with Crippen molar-refractivity contribution in [3.63, 3.8) is 0 Å². The lowest BCUT2D eigenvalue weighted by molar-refractivity contribution is 0.0782. The van der Waals surface area contributed by atoms with Gasteiger partial charge in [0, 0.05) is 17.1 Å². The van der Waals surface area contributed by atoms with E-state index in [9.17, 15) is 5.11 Å². The maximum Gasteiger partial charge on any atom is 0.0856 e. The molecule has 4 nitrogen and oxygen atoms in total. The summed E-state index contributed by atoms with van der Waals surface area (Å²) in [6.45, 7) is 5.57. The van der Waals surface area contributed by atoms with Crippen LogP contribution in [0.2, 0.25) is 0 Å². The highest BCUT2D eigenvalue weighted by Gasteiger charge is 2.17. The van der Waals surface area contributed by atoms with Crippen molar-refractivity contribution in [3.8, 4) is 5.69 Å². The van der Waals surface area contributed by atoms with Crippen molar-refractivity contribution in [1.29, 1.82) is 0 Å². The van der Waals surface area contributed by atoms with Gasteiger partial charge < -0.3 is 5.11 Å². The Labute approximate surface area is 117 Å². The number of benzene rings is 1. The summed E-state index contributed by atoms with van der Waals surface area (Å²) in [6.07, 6.45) is 5.30. The molecule has 0 saturated heterocycles. The second-order valence-corrected chi connectivity index (χ2v) is 5.55. The van der Waals surface area contributed by atoms with Gasteiger partial charge in [0.1, 0.15) is 0 Å². The average molecular weight is 267 g/mol. The van der Waals surface area contributed by atoms with E-state index in [4.69, 9.17) is 0 Å². The minimum atomic E-state index is -0.915. The summed E-state index contributed by atoms with van der Waals surface area (Å²) in [6, 6.07) is 8.04. The minimum Gasteiger partial charge on any atom is -0.386 e. The molecule has 3 rings (SSSR count). The number of rotatable bonds is 2. The van der Waals surface area contributed by atoms with Gasteiger partial charge >= 0.3 is 0 Å². The lowest BCUT2D eigenvalue weighted by atomic mass is 10.0. The predicted octanol–water partition coefficient (Wildman–Crippen LogP) is 2.96. The van der Waals surface area contributed by atoms with Gasteiger partial charge in [-0.3, -0.25) is 4.98 Å². The molecule has 3 aromatic rings. The number of pyridine rings is 1. The van der Waals surface area contributed by atoms with Crippen molar-refractivity contribution in [3.05, 3.63) is 54.0 Å². The Morgan fingerprint density at radius 2 is 1.95 bits per heavy atom. The van der Waals surface area contributed by atoms with Crippen LogP contribution in [0.25, 0.3) is 16.6 Å². The third-order valence-corrected chi connectivity index (χ3v) is 3.51. The Hall–Kier alpha value is -2.20. The number of hydrogen-bond acceptors (Lipinski definition) is 3. The standard InChI is InChI=1S/C16H17N3O/c1-11-5-4-6-15-14(11)10-18-19(15)13-7-12(8-17-9-13)16(2,3)20/h4-10,20H,1-3H3. The van der Waals surface area contributed by atoms with Crippen LogP contribution >= 0.6 is 0 Å². The molecule has 102 valence electrons. The number of nitrogens with zero attached hydrogens (tertiary/aromatic N) is 3. The van der Waals surface area contributed by atoms with E-state index in [1.54, 1.807) is 26.2 Å². The van der Waals surface area contributed by atoms with Crippen molar-refractivity contribution < 1.29 is 5.11 Å². The van der Waals surface area contributed by atoms with E-state index >= 15 is 0 Å². The largest absolute Gasteiger partial charge is 0.386 e. The second kappa shape index (κ2) is 4.42. The van der Waals surface area contributed by atoms with Crippen LogP contribution in [0.15, 0.2) is 42.9 Å². The molecule has 1 N–H and O–H groups in total. The average Bonchev–Trinajstić information content (AvgIpc) is 2.83. The van der Waals surface area contributed by atoms with E-state index in [1.165, 1.54) is 5.56 Å². The molecule has 2 heterocycles. The molecule has 2 aromatic heterocycles. The quantitative estimate of drug-likeness (QED) is 0.776. The van der Waals surface area contributed by atoms with Crippen molar-refractivity contribution in [2.45, 2.75) is 26.4 Å². The third-order valence-electron chi connectivity index (χ3n) is 3.51. The third kappa shape index (κ3) is 2.08. The lowest BCUT2D eigenvalue weighted by Gasteiger charge is -2.18. The molecule has 0 atom stereocenters. The summed E-state index contributed by atoms with van der Waals surface area (Å²) in [5, 5.41) is 15.7. The van der Waals surface area contributed by atoms with Crippen molar-refractivity contribution in [1.82, 2.24) is 14.8 Å². The van der Waals surface area contributed by atoms with Crippen LogP contribution in [-0.4, -0.2) is 19.9 Å². The Morgan fingerprint density at radius 1 is 1.15 bits per heavy atom. The molecule has 0 aliphatic carbocycles. The van der Waals surface area contributed by atoms with Gasteiger partial charge in [0.05, 0.1) is 29.2 Å². The number of aryl methyl sites for hydroxylation is 1. The lowest BCUT2D eigenvalue weighted by Crippen LogP contribution is -2.16. The van der Waals surface area contributed by atoms with E-state index < -0.39 is 5.60 Å². The van der Waals surface area contributed by atoms with Crippen molar-refractivity contribution in [2.24, 2.45) is 0 Å². The highest BCUT2D eigenvalue weighted by Crippen LogP contribution is 2.24. The fourth-order valence-corrected chi connectivity index (χ4v) is 2.28. The predicted molar refractivity (Wildman–Crippen MR) is 78.8 cm³/mol. The maximum atomic E-state index is 10.1. The summed E-state index contributed by atoms with van der Waals surface area (Å²) in [5.74, 6) is 0. The maximum absolute atomic E-state index is 10.1. The minimum absolute atomic E-state index is 0.770. The topological polar surface area (TPSA) is 50.9 Å². The van der Waals surface area contributed by atoms with Crippen LogP contribution in [0.3, 0.4) is 0 Å². The number of aromatic nitrogens is 3. The van der Waals surface area contributed by atoms with E-state index in [1.807, 2.05) is 29.1 Å². The summed E-state index contributed by atoms with van der Waals surface area (Å²) >= 11 is 0. The van der Waals surface area contributed by atoms with E-state index in [0.29, 0.717) is 0 Å². The molecule has 1 aromatic carbocycles. The molecular formula is C16H17N3O. The van der Waals surface area contributed by atoms with Gasteiger partial charge in [0.15, 0.2) is 0 Å². The molecule has 0 saturated carbocycles. The molecule has 0 radical (unpaired) electrons. The molecule has 20 heavy (non-hydrogen) atoms. The van der Waals surface area contributed by atoms with E-state index in [2.05, 4.69) is 23.1 Å². The molecular weight excluding hydrogens is 250 g/mol. The van der Waals surface area contributed by atoms with Gasteiger partial charge in [-0.2, -0.15) is 5.10 Å².